The summed E-state index contributed by atoms with van der Waals surface area (Å²) in [5.74, 6) is 0.760. The SMILES string of the molecule is COc1ccc(C(CNS(=O)(=O)c2cccc(Cl)c2)N(C)C)cc1. The van der Waals surface area contributed by atoms with Crippen molar-refractivity contribution in [1.82, 2.24) is 9.62 Å². The van der Waals surface area contributed by atoms with E-state index in [1.165, 1.54) is 12.1 Å². The minimum absolute atomic E-state index is 0.107. The largest absolute Gasteiger partial charge is 0.497 e. The van der Waals surface area contributed by atoms with Crippen molar-refractivity contribution in [3.05, 3.63) is 59.1 Å². The van der Waals surface area contributed by atoms with Crippen LogP contribution >= 0.6 is 11.6 Å². The normalized spacial score (nSPS) is 13.0. The van der Waals surface area contributed by atoms with Crippen molar-refractivity contribution in [2.75, 3.05) is 27.7 Å². The molecule has 1 atom stereocenters. The highest BCUT2D eigenvalue weighted by atomic mass is 35.5. The van der Waals surface area contributed by atoms with E-state index in [2.05, 4.69) is 4.72 Å². The fraction of sp³-hybridized carbons (Fsp3) is 0.294. The molecule has 7 heteroatoms. The van der Waals surface area contributed by atoms with Gasteiger partial charge in [0.2, 0.25) is 10.0 Å². The monoisotopic (exact) mass is 368 g/mol. The second kappa shape index (κ2) is 7.98. The van der Waals surface area contributed by atoms with Gasteiger partial charge in [0, 0.05) is 17.6 Å². The molecular weight excluding hydrogens is 348 g/mol. The van der Waals surface area contributed by atoms with E-state index >= 15 is 0 Å². The Morgan fingerprint density at radius 2 is 1.83 bits per heavy atom. The van der Waals surface area contributed by atoms with Crippen molar-refractivity contribution in [3.63, 3.8) is 0 Å². The number of rotatable bonds is 7. The van der Waals surface area contributed by atoms with Gasteiger partial charge in [-0.3, -0.25) is 0 Å². The third-order valence-corrected chi connectivity index (χ3v) is 5.35. The Morgan fingerprint density at radius 1 is 1.17 bits per heavy atom. The van der Waals surface area contributed by atoms with Crippen LogP contribution in [0.25, 0.3) is 0 Å². The zero-order valence-corrected chi connectivity index (χ0v) is 15.4. The molecular formula is C17H21ClN2O3S. The molecule has 0 fully saturated rings. The van der Waals surface area contributed by atoms with Gasteiger partial charge in [0.25, 0.3) is 0 Å². The second-order valence-corrected chi connectivity index (χ2v) is 7.77. The van der Waals surface area contributed by atoms with Crippen LogP contribution in [0.4, 0.5) is 0 Å². The van der Waals surface area contributed by atoms with Crippen LogP contribution in [0.2, 0.25) is 5.02 Å². The molecule has 0 aliphatic carbocycles. The van der Waals surface area contributed by atoms with E-state index in [1.54, 1.807) is 19.2 Å². The Labute approximate surface area is 148 Å². The van der Waals surface area contributed by atoms with Crippen molar-refractivity contribution >= 4 is 21.6 Å². The molecule has 1 N–H and O–H groups in total. The van der Waals surface area contributed by atoms with E-state index in [1.807, 2.05) is 43.3 Å². The molecule has 0 aliphatic rings. The number of nitrogens with zero attached hydrogens (tertiary/aromatic N) is 1. The average Bonchev–Trinajstić information content (AvgIpc) is 2.55. The van der Waals surface area contributed by atoms with Gasteiger partial charge >= 0.3 is 0 Å². The number of benzene rings is 2. The molecule has 2 aromatic carbocycles. The molecule has 0 saturated carbocycles. The summed E-state index contributed by atoms with van der Waals surface area (Å²) in [7, 11) is 1.80. The van der Waals surface area contributed by atoms with E-state index in [4.69, 9.17) is 16.3 Å². The third-order valence-electron chi connectivity index (χ3n) is 3.70. The van der Waals surface area contributed by atoms with E-state index in [0.717, 1.165) is 11.3 Å². The van der Waals surface area contributed by atoms with Gasteiger partial charge in [0.1, 0.15) is 5.75 Å². The highest BCUT2D eigenvalue weighted by Gasteiger charge is 2.20. The number of sulfonamides is 1. The van der Waals surface area contributed by atoms with Gasteiger partial charge in [0.05, 0.1) is 12.0 Å². The predicted octanol–water partition coefficient (Wildman–Crippen LogP) is 2.93. The smallest absolute Gasteiger partial charge is 0.240 e. The summed E-state index contributed by atoms with van der Waals surface area (Å²) < 4.78 is 32.7. The van der Waals surface area contributed by atoms with Crippen LogP contribution in [0.3, 0.4) is 0 Å². The lowest BCUT2D eigenvalue weighted by Gasteiger charge is -2.25. The number of ether oxygens (including phenoxy) is 1. The van der Waals surface area contributed by atoms with Crippen LogP contribution in [0.5, 0.6) is 5.75 Å². The van der Waals surface area contributed by atoms with Crippen LogP contribution in [-0.4, -0.2) is 41.1 Å². The molecule has 24 heavy (non-hydrogen) atoms. The third kappa shape index (κ3) is 4.70. The van der Waals surface area contributed by atoms with Crippen molar-refractivity contribution < 1.29 is 13.2 Å². The summed E-state index contributed by atoms with van der Waals surface area (Å²) in [6.45, 7) is 0.244. The number of methoxy groups -OCH3 is 1. The topological polar surface area (TPSA) is 58.6 Å². The number of hydrogen-bond donors (Lipinski definition) is 1. The fourth-order valence-corrected chi connectivity index (χ4v) is 3.67. The van der Waals surface area contributed by atoms with Crippen LogP contribution in [-0.2, 0) is 10.0 Å². The van der Waals surface area contributed by atoms with Crippen LogP contribution in [0.15, 0.2) is 53.4 Å². The summed E-state index contributed by atoms with van der Waals surface area (Å²) >= 11 is 5.88. The molecule has 0 amide bonds. The molecule has 0 radical (unpaired) electrons. The minimum atomic E-state index is -3.62. The number of likely N-dealkylation sites (N-methyl/N-ethyl adjacent to an activating group) is 1. The van der Waals surface area contributed by atoms with Crippen LogP contribution < -0.4 is 9.46 Å². The first-order valence-corrected chi connectivity index (χ1v) is 9.25. The van der Waals surface area contributed by atoms with Gasteiger partial charge in [0.15, 0.2) is 0 Å². The van der Waals surface area contributed by atoms with Gasteiger partial charge in [-0.2, -0.15) is 0 Å². The average molecular weight is 369 g/mol. The van der Waals surface area contributed by atoms with Crippen molar-refractivity contribution in [3.8, 4) is 5.75 Å². The van der Waals surface area contributed by atoms with Crippen molar-refractivity contribution in [1.29, 1.82) is 0 Å². The maximum absolute atomic E-state index is 12.4. The van der Waals surface area contributed by atoms with Crippen LogP contribution in [0.1, 0.15) is 11.6 Å². The molecule has 5 nitrogen and oxygen atoms in total. The number of hydrogen-bond acceptors (Lipinski definition) is 4. The predicted molar refractivity (Wildman–Crippen MR) is 96.1 cm³/mol. The van der Waals surface area contributed by atoms with Gasteiger partial charge in [-0.05, 0) is 50.0 Å². The summed E-state index contributed by atoms with van der Waals surface area (Å²) in [5.41, 5.74) is 0.995. The number of halogens is 1. The van der Waals surface area contributed by atoms with E-state index in [0.29, 0.717) is 5.02 Å². The Kier molecular flexibility index (Phi) is 6.23. The molecule has 0 heterocycles. The molecule has 0 aromatic heterocycles. The Hall–Kier alpha value is -1.60. The first kappa shape index (κ1) is 18.7. The Balaban J connectivity index is 2.16. The van der Waals surface area contributed by atoms with E-state index < -0.39 is 10.0 Å². The van der Waals surface area contributed by atoms with Crippen LogP contribution in [0, 0.1) is 0 Å². The molecule has 2 aromatic rings. The van der Waals surface area contributed by atoms with Gasteiger partial charge < -0.3 is 9.64 Å². The summed E-state index contributed by atoms with van der Waals surface area (Å²) in [4.78, 5) is 2.12. The lowest BCUT2D eigenvalue weighted by atomic mass is 10.1. The maximum atomic E-state index is 12.4. The Bertz CT molecular complexity index is 777. The first-order valence-electron chi connectivity index (χ1n) is 7.39. The highest BCUT2D eigenvalue weighted by molar-refractivity contribution is 7.89. The molecule has 0 bridgehead atoms. The summed E-state index contributed by atoms with van der Waals surface area (Å²) in [6, 6.07) is 13.7. The quantitative estimate of drug-likeness (QED) is 0.816. The first-order chi connectivity index (χ1) is 11.3. The zero-order valence-electron chi connectivity index (χ0n) is 13.9. The highest BCUT2D eigenvalue weighted by Crippen LogP contribution is 2.22. The van der Waals surface area contributed by atoms with E-state index in [9.17, 15) is 8.42 Å². The van der Waals surface area contributed by atoms with Gasteiger partial charge in [-0.25, -0.2) is 13.1 Å². The standard InChI is InChI=1S/C17H21ClN2O3S/c1-20(2)17(13-7-9-15(23-3)10-8-13)12-19-24(21,22)16-6-4-5-14(18)11-16/h4-11,17,19H,12H2,1-3H3. The number of nitrogens with one attached hydrogen (secondary N) is 1. The Morgan fingerprint density at radius 3 is 2.38 bits per heavy atom. The lowest BCUT2D eigenvalue weighted by Crippen LogP contribution is -2.34. The summed E-state index contributed by atoms with van der Waals surface area (Å²) in [6.07, 6.45) is 0. The van der Waals surface area contributed by atoms with E-state index in [-0.39, 0.29) is 17.5 Å². The molecule has 0 aliphatic heterocycles. The minimum Gasteiger partial charge on any atom is -0.497 e. The summed E-state index contributed by atoms with van der Waals surface area (Å²) in [5, 5.41) is 0.386. The molecule has 0 spiro atoms. The van der Waals surface area contributed by atoms with Crippen molar-refractivity contribution in [2.24, 2.45) is 0 Å². The molecule has 2 rings (SSSR count). The maximum Gasteiger partial charge on any atom is 0.240 e. The van der Waals surface area contributed by atoms with Gasteiger partial charge in [-0.15, -0.1) is 0 Å². The van der Waals surface area contributed by atoms with Gasteiger partial charge in [-0.1, -0.05) is 29.8 Å². The fourth-order valence-electron chi connectivity index (χ4n) is 2.33. The molecule has 1 unspecified atom stereocenters. The zero-order chi connectivity index (χ0) is 17.7. The molecule has 0 saturated heterocycles. The molecule has 130 valence electrons. The lowest BCUT2D eigenvalue weighted by molar-refractivity contribution is 0.299. The second-order valence-electron chi connectivity index (χ2n) is 5.56. The van der Waals surface area contributed by atoms with Crippen molar-refractivity contribution in [2.45, 2.75) is 10.9 Å².